The molecule has 1 aliphatic heterocycles. The number of nitrogens with two attached hydrogens (primary N) is 1. The first kappa shape index (κ1) is 25.8. The number of carbonyl (C=O) groups excluding carboxylic acids is 3. The number of hydrogen-bond acceptors (Lipinski definition) is 7. The van der Waals surface area contributed by atoms with Crippen molar-refractivity contribution in [3.05, 3.63) is 39.4 Å². The lowest BCUT2D eigenvalue weighted by atomic mass is 10.2. The molecule has 0 radical (unpaired) electrons. The van der Waals surface area contributed by atoms with Gasteiger partial charge in [-0.3, -0.25) is 14.9 Å². The van der Waals surface area contributed by atoms with Gasteiger partial charge >= 0.3 is 6.03 Å². The molecule has 5 N–H and O–H groups in total. The molecule has 4 amide bonds. The summed E-state index contributed by atoms with van der Waals surface area (Å²) in [6.07, 6.45) is 0.635. The molecule has 0 spiro atoms. The van der Waals surface area contributed by atoms with Gasteiger partial charge in [0.05, 0.1) is 18.1 Å². The van der Waals surface area contributed by atoms with Crippen LogP contribution in [-0.2, 0) is 11.4 Å². The molecular weight excluding hydrogens is 540 g/mol. The van der Waals surface area contributed by atoms with Crippen LogP contribution in [0.4, 0.5) is 18.6 Å². The molecule has 2 aromatic rings. The maximum absolute atomic E-state index is 14.0. The lowest BCUT2D eigenvalue weighted by Crippen LogP contribution is -2.38. The molecule has 184 valence electrons. The average Bonchev–Trinajstić information content (AvgIpc) is 3.42. The third-order valence-corrected chi connectivity index (χ3v) is 6.16. The number of benzene rings is 1. The van der Waals surface area contributed by atoms with Gasteiger partial charge in [-0.15, -0.1) is 0 Å². The van der Waals surface area contributed by atoms with Crippen LogP contribution in [0.3, 0.4) is 0 Å². The summed E-state index contributed by atoms with van der Waals surface area (Å²) in [6.45, 7) is 0.540. The number of ether oxygens (including phenoxy) is 1. The zero-order valence-electron chi connectivity index (χ0n) is 17.8. The van der Waals surface area contributed by atoms with Crippen molar-refractivity contribution in [3.8, 4) is 5.88 Å². The van der Waals surface area contributed by atoms with Gasteiger partial charge in [-0.25, -0.2) is 13.6 Å². The van der Waals surface area contributed by atoms with Crippen molar-refractivity contribution in [1.29, 1.82) is 0 Å². The van der Waals surface area contributed by atoms with Gasteiger partial charge in [-0.2, -0.15) is 4.37 Å². The first-order valence-corrected chi connectivity index (χ1v) is 11.8. The normalized spacial score (nSPS) is 14.1. The fourth-order valence-corrected chi connectivity index (χ4v) is 4.39. The molecule has 1 aliphatic rings. The number of aromatic nitrogens is 1. The van der Waals surface area contributed by atoms with Crippen LogP contribution in [0.5, 0.6) is 5.88 Å². The molecule has 1 atom stereocenters. The van der Waals surface area contributed by atoms with Crippen LogP contribution in [0.25, 0.3) is 0 Å². The van der Waals surface area contributed by atoms with Gasteiger partial charge < -0.3 is 25.8 Å². The van der Waals surface area contributed by atoms with E-state index in [1.807, 2.05) is 0 Å². The van der Waals surface area contributed by atoms with Crippen molar-refractivity contribution in [1.82, 2.24) is 14.6 Å². The summed E-state index contributed by atoms with van der Waals surface area (Å²) in [5.74, 6) is -3.19. The van der Waals surface area contributed by atoms with Gasteiger partial charge in [0.1, 0.15) is 28.8 Å². The minimum Gasteiger partial charge on any atom is -0.471 e. The van der Waals surface area contributed by atoms with E-state index in [4.69, 9.17) is 10.5 Å². The van der Waals surface area contributed by atoms with E-state index in [-0.39, 0.29) is 45.4 Å². The van der Waals surface area contributed by atoms with E-state index in [9.17, 15) is 28.3 Å². The molecule has 0 bridgehead atoms. The zero-order valence-corrected chi connectivity index (χ0v) is 20.2. The summed E-state index contributed by atoms with van der Waals surface area (Å²) < 4.78 is 37.4. The molecule has 14 heteroatoms. The number of primary amides is 1. The Hall–Kier alpha value is -2.84. The van der Waals surface area contributed by atoms with Crippen LogP contribution in [0.2, 0.25) is 0 Å². The predicted octanol–water partition coefficient (Wildman–Crippen LogP) is 2.36. The van der Waals surface area contributed by atoms with Gasteiger partial charge in [0.25, 0.3) is 5.91 Å². The van der Waals surface area contributed by atoms with Crippen molar-refractivity contribution in [2.45, 2.75) is 32.0 Å². The van der Waals surface area contributed by atoms with Crippen molar-refractivity contribution < 1.29 is 33.0 Å². The monoisotopic (exact) mass is 561 g/mol. The summed E-state index contributed by atoms with van der Waals surface area (Å²) in [7, 11) is 0. The van der Waals surface area contributed by atoms with E-state index in [1.165, 1.54) is 0 Å². The van der Waals surface area contributed by atoms with Crippen LogP contribution >= 0.6 is 27.5 Å². The number of nitrogens with one attached hydrogen (secondary N) is 2. The van der Waals surface area contributed by atoms with Crippen LogP contribution in [0, 0.1) is 11.6 Å². The standard InChI is InChI=1S/C20H22BrF2N5O5S/c21-10-5-13(22)12(14(23)6-10)9-33-18-16(17(24)31)19(34-27-18)26-20(32)25-8-11(29)7-15(30)28-3-1-2-4-28/h5-6,11,29H,1-4,7-9H2,(H2,24,31)(H2,25,26,32). The Morgan fingerprint density at radius 3 is 2.53 bits per heavy atom. The van der Waals surface area contributed by atoms with Crippen LogP contribution in [0.1, 0.15) is 35.2 Å². The Morgan fingerprint density at radius 1 is 1.26 bits per heavy atom. The average molecular weight is 562 g/mol. The van der Waals surface area contributed by atoms with Crippen LogP contribution < -0.4 is 21.1 Å². The summed E-state index contributed by atoms with van der Waals surface area (Å²) in [6, 6.07) is 1.33. The molecule has 2 heterocycles. The van der Waals surface area contributed by atoms with Gasteiger partial charge in [0.2, 0.25) is 11.8 Å². The highest BCUT2D eigenvalue weighted by atomic mass is 79.9. The summed E-state index contributed by atoms with van der Waals surface area (Å²) in [4.78, 5) is 37.8. The number of aliphatic hydroxyl groups is 1. The molecule has 1 aromatic carbocycles. The van der Waals surface area contributed by atoms with Gasteiger partial charge in [0.15, 0.2) is 0 Å². The smallest absolute Gasteiger partial charge is 0.320 e. The molecule has 1 fully saturated rings. The number of likely N-dealkylation sites (tertiary alicyclic amines) is 1. The zero-order chi connectivity index (χ0) is 24.8. The van der Waals surface area contributed by atoms with E-state index < -0.39 is 36.3 Å². The highest BCUT2D eigenvalue weighted by Gasteiger charge is 2.24. The minimum atomic E-state index is -1.09. The van der Waals surface area contributed by atoms with E-state index >= 15 is 0 Å². The molecule has 1 saturated heterocycles. The van der Waals surface area contributed by atoms with Gasteiger partial charge in [-0.1, -0.05) is 15.9 Å². The number of nitrogens with zero attached hydrogens (tertiary/aromatic N) is 2. The molecule has 10 nitrogen and oxygen atoms in total. The van der Waals surface area contributed by atoms with E-state index in [1.54, 1.807) is 4.90 Å². The summed E-state index contributed by atoms with van der Waals surface area (Å²) in [5, 5.41) is 14.7. The highest BCUT2D eigenvalue weighted by Crippen LogP contribution is 2.31. The molecule has 1 aromatic heterocycles. The third-order valence-electron chi connectivity index (χ3n) is 4.96. The molecule has 34 heavy (non-hydrogen) atoms. The fraction of sp³-hybridized carbons (Fsp3) is 0.400. The molecular formula is C20H22BrF2N5O5S. The number of hydrogen-bond donors (Lipinski definition) is 4. The van der Waals surface area contributed by atoms with Crippen LogP contribution in [0.15, 0.2) is 16.6 Å². The number of halogens is 3. The Labute approximate surface area is 205 Å². The Bertz CT molecular complexity index is 1060. The van der Waals surface area contributed by atoms with Crippen molar-refractivity contribution in [2.75, 3.05) is 25.0 Å². The maximum Gasteiger partial charge on any atom is 0.320 e. The van der Waals surface area contributed by atoms with E-state index in [0.717, 1.165) is 25.0 Å². The van der Waals surface area contributed by atoms with Crippen LogP contribution in [-0.4, -0.2) is 58.0 Å². The lowest BCUT2D eigenvalue weighted by Gasteiger charge is -2.18. The Balaban J connectivity index is 1.57. The maximum atomic E-state index is 14.0. The second-order valence-electron chi connectivity index (χ2n) is 7.47. The number of carbonyl (C=O) groups is 3. The van der Waals surface area contributed by atoms with E-state index in [2.05, 4.69) is 30.9 Å². The van der Waals surface area contributed by atoms with E-state index in [0.29, 0.717) is 24.6 Å². The van der Waals surface area contributed by atoms with Gasteiger partial charge in [-0.05, 0) is 36.5 Å². The molecule has 0 aliphatic carbocycles. The highest BCUT2D eigenvalue weighted by molar-refractivity contribution is 9.10. The second kappa shape index (κ2) is 11.5. The van der Waals surface area contributed by atoms with Crippen molar-refractivity contribution in [2.24, 2.45) is 5.73 Å². The van der Waals surface area contributed by atoms with Crippen molar-refractivity contribution in [3.63, 3.8) is 0 Å². The second-order valence-corrected chi connectivity index (χ2v) is 9.16. The fourth-order valence-electron chi connectivity index (χ4n) is 3.25. The number of anilines is 1. The number of amides is 4. The summed E-state index contributed by atoms with van der Waals surface area (Å²) >= 11 is 3.65. The Morgan fingerprint density at radius 2 is 1.91 bits per heavy atom. The largest absolute Gasteiger partial charge is 0.471 e. The first-order chi connectivity index (χ1) is 16.2. The molecule has 1 unspecified atom stereocenters. The number of aliphatic hydroxyl groups excluding tert-OH is 1. The quantitative estimate of drug-likeness (QED) is 0.369. The van der Waals surface area contributed by atoms with Gasteiger partial charge in [0, 0.05) is 24.1 Å². The van der Waals surface area contributed by atoms with Crippen molar-refractivity contribution >= 4 is 50.3 Å². The number of rotatable bonds is 9. The lowest BCUT2D eigenvalue weighted by molar-refractivity contribution is -0.132. The topological polar surface area (TPSA) is 147 Å². The molecule has 0 saturated carbocycles. The minimum absolute atomic E-state index is 0.0561. The predicted molar refractivity (Wildman–Crippen MR) is 122 cm³/mol. The third kappa shape index (κ3) is 6.61. The molecule has 3 rings (SSSR count). The SMILES string of the molecule is NC(=O)c1c(OCc2c(F)cc(Br)cc2F)nsc1NC(=O)NCC(O)CC(=O)N1CCCC1. The Kier molecular flexibility index (Phi) is 8.74. The summed E-state index contributed by atoms with van der Waals surface area (Å²) in [5.41, 5.74) is 4.71. The number of urea groups is 1. The first-order valence-electron chi connectivity index (χ1n) is 10.2.